The fourth-order valence-electron chi connectivity index (χ4n) is 1.37. The van der Waals surface area contributed by atoms with E-state index in [4.69, 9.17) is 0 Å². The molecular weight excluding hydrogens is 206 g/mol. The second-order valence-corrected chi connectivity index (χ2v) is 3.49. The summed E-state index contributed by atoms with van der Waals surface area (Å²) in [5, 5.41) is 7.03. The minimum atomic E-state index is -0.135. The number of anilines is 1. The van der Waals surface area contributed by atoms with Gasteiger partial charge in [0.2, 0.25) is 0 Å². The van der Waals surface area contributed by atoms with Gasteiger partial charge in [-0.15, -0.1) is 0 Å². The van der Waals surface area contributed by atoms with Crippen molar-refractivity contribution in [1.29, 1.82) is 0 Å². The molecule has 0 bridgehead atoms. The van der Waals surface area contributed by atoms with Crippen LogP contribution in [0.4, 0.5) is 5.82 Å². The molecule has 16 heavy (non-hydrogen) atoms. The molecule has 1 N–H and O–H groups in total. The molecule has 2 heterocycles. The van der Waals surface area contributed by atoms with E-state index in [2.05, 4.69) is 15.4 Å². The average Bonchev–Trinajstić information content (AvgIpc) is 2.67. The quantitative estimate of drug-likeness (QED) is 0.796. The highest BCUT2D eigenvalue weighted by molar-refractivity contribution is 5.31. The molecule has 0 aliphatic heterocycles. The highest BCUT2D eigenvalue weighted by Crippen LogP contribution is 1.99. The first-order valence-corrected chi connectivity index (χ1v) is 4.91. The average molecular weight is 219 g/mol. The Kier molecular flexibility index (Phi) is 2.72. The summed E-state index contributed by atoms with van der Waals surface area (Å²) < 4.78 is 3.24. The summed E-state index contributed by atoms with van der Waals surface area (Å²) in [7, 11) is 3.55. The maximum Gasteiger partial charge on any atom is 0.293 e. The van der Waals surface area contributed by atoms with Crippen LogP contribution in [0.15, 0.2) is 29.5 Å². The minimum Gasteiger partial charge on any atom is -0.360 e. The summed E-state index contributed by atoms with van der Waals surface area (Å²) >= 11 is 0. The van der Waals surface area contributed by atoms with Crippen molar-refractivity contribution in [3.05, 3.63) is 40.7 Å². The van der Waals surface area contributed by atoms with Gasteiger partial charge in [0, 0.05) is 32.7 Å². The molecule has 0 spiro atoms. The summed E-state index contributed by atoms with van der Waals surface area (Å²) in [5.41, 5.74) is 0.859. The summed E-state index contributed by atoms with van der Waals surface area (Å²) in [6, 6.07) is 1.89. The predicted molar refractivity (Wildman–Crippen MR) is 60.0 cm³/mol. The van der Waals surface area contributed by atoms with Crippen LogP contribution in [-0.2, 0) is 20.6 Å². The van der Waals surface area contributed by atoms with Crippen LogP contribution in [0.3, 0.4) is 0 Å². The van der Waals surface area contributed by atoms with Gasteiger partial charge >= 0.3 is 0 Å². The Labute approximate surface area is 92.6 Å². The molecule has 0 radical (unpaired) electrons. The number of hydrogen-bond donors (Lipinski definition) is 1. The zero-order valence-electron chi connectivity index (χ0n) is 9.21. The van der Waals surface area contributed by atoms with E-state index >= 15 is 0 Å². The Morgan fingerprint density at radius 2 is 2.19 bits per heavy atom. The number of nitrogens with zero attached hydrogens (tertiary/aromatic N) is 4. The predicted octanol–water partition coefficient (Wildman–Crippen LogP) is 0.126. The van der Waals surface area contributed by atoms with Crippen LogP contribution in [0.1, 0.15) is 5.69 Å². The van der Waals surface area contributed by atoms with Gasteiger partial charge in [-0.3, -0.25) is 9.48 Å². The van der Waals surface area contributed by atoms with E-state index < -0.39 is 0 Å². The van der Waals surface area contributed by atoms with E-state index in [0.717, 1.165) is 5.69 Å². The fourth-order valence-corrected chi connectivity index (χ4v) is 1.37. The lowest BCUT2D eigenvalue weighted by atomic mass is 10.4. The first-order valence-electron chi connectivity index (χ1n) is 4.91. The van der Waals surface area contributed by atoms with Gasteiger partial charge in [0.1, 0.15) is 0 Å². The van der Waals surface area contributed by atoms with E-state index in [9.17, 15) is 4.79 Å². The Morgan fingerprint density at radius 3 is 2.88 bits per heavy atom. The van der Waals surface area contributed by atoms with Gasteiger partial charge in [0.15, 0.2) is 5.82 Å². The third-order valence-electron chi connectivity index (χ3n) is 2.38. The van der Waals surface area contributed by atoms with E-state index in [1.807, 2.05) is 13.1 Å². The van der Waals surface area contributed by atoms with E-state index in [0.29, 0.717) is 12.4 Å². The lowest BCUT2D eigenvalue weighted by Crippen LogP contribution is -2.22. The van der Waals surface area contributed by atoms with E-state index in [1.165, 1.54) is 4.57 Å². The van der Waals surface area contributed by atoms with Crippen molar-refractivity contribution < 1.29 is 0 Å². The van der Waals surface area contributed by atoms with Crippen molar-refractivity contribution in [1.82, 2.24) is 19.3 Å². The van der Waals surface area contributed by atoms with Crippen LogP contribution < -0.4 is 10.9 Å². The molecule has 2 rings (SSSR count). The molecule has 6 nitrogen and oxygen atoms in total. The number of nitrogens with one attached hydrogen (secondary N) is 1. The topological polar surface area (TPSA) is 64.7 Å². The Balaban J connectivity index is 2.14. The molecule has 0 aliphatic carbocycles. The first-order chi connectivity index (χ1) is 7.68. The van der Waals surface area contributed by atoms with Crippen LogP contribution in [0.25, 0.3) is 0 Å². The standard InChI is InChI=1S/C10H13N5O/c1-14-6-5-11-9(10(14)16)12-7-8-3-4-13-15(8)2/h3-6H,7H2,1-2H3,(H,11,12). The van der Waals surface area contributed by atoms with Gasteiger partial charge in [-0.1, -0.05) is 0 Å². The molecule has 0 unspecified atom stereocenters. The molecule has 0 amide bonds. The highest BCUT2D eigenvalue weighted by atomic mass is 16.1. The largest absolute Gasteiger partial charge is 0.360 e. The molecule has 84 valence electrons. The van der Waals surface area contributed by atoms with Gasteiger partial charge in [0.25, 0.3) is 5.56 Å². The first kappa shape index (κ1) is 10.4. The van der Waals surface area contributed by atoms with Crippen molar-refractivity contribution in [2.45, 2.75) is 6.54 Å². The van der Waals surface area contributed by atoms with E-state index in [1.54, 1.807) is 30.3 Å². The Hall–Kier alpha value is -2.11. The van der Waals surface area contributed by atoms with Gasteiger partial charge in [-0.2, -0.15) is 5.10 Å². The molecule has 0 saturated heterocycles. The van der Waals surface area contributed by atoms with Crippen molar-refractivity contribution in [3.63, 3.8) is 0 Å². The zero-order chi connectivity index (χ0) is 11.5. The van der Waals surface area contributed by atoms with Gasteiger partial charge in [-0.05, 0) is 6.07 Å². The molecule has 2 aromatic rings. The number of hydrogen-bond acceptors (Lipinski definition) is 4. The monoisotopic (exact) mass is 219 g/mol. The zero-order valence-corrected chi connectivity index (χ0v) is 9.21. The summed E-state index contributed by atoms with van der Waals surface area (Å²) in [5.74, 6) is 0.353. The number of aryl methyl sites for hydroxylation is 2. The second-order valence-electron chi connectivity index (χ2n) is 3.49. The van der Waals surface area contributed by atoms with Crippen LogP contribution >= 0.6 is 0 Å². The fraction of sp³-hybridized carbons (Fsp3) is 0.300. The molecule has 6 heteroatoms. The van der Waals surface area contributed by atoms with Crippen LogP contribution in [0, 0.1) is 0 Å². The normalized spacial score (nSPS) is 10.4. The van der Waals surface area contributed by atoms with Gasteiger partial charge < -0.3 is 9.88 Å². The molecule has 0 atom stereocenters. The molecule has 0 fully saturated rings. The van der Waals surface area contributed by atoms with Crippen molar-refractivity contribution in [2.24, 2.45) is 14.1 Å². The Bertz CT molecular complexity index is 542. The van der Waals surface area contributed by atoms with Gasteiger partial charge in [-0.25, -0.2) is 4.98 Å². The lowest BCUT2D eigenvalue weighted by Gasteiger charge is -2.05. The summed E-state index contributed by atoms with van der Waals surface area (Å²) in [6.45, 7) is 0.531. The third-order valence-corrected chi connectivity index (χ3v) is 2.38. The van der Waals surface area contributed by atoms with Crippen molar-refractivity contribution in [2.75, 3.05) is 5.32 Å². The number of aromatic nitrogens is 4. The molecule has 2 aromatic heterocycles. The Morgan fingerprint density at radius 1 is 1.38 bits per heavy atom. The third kappa shape index (κ3) is 1.95. The molecule has 0 aromatic carbocycles. The van der Waals surface area contributed by atoms with Crippen molar-refractivity contribution in [3.8, 4) is 0 Å². The summed E-state index contributed by atoms with van der Waals surface area (Å²) in [4.78, 5) is 15.6. The molecular formula is C10H13N5O. The van der Waals surface area contributed by atoms with E-state index in [-0.39, 0.29) is 5.56 Å². The highest BCUT2D eigenvalue weighted by Gasteiger charge is 2.03. The van der Waals surface area contributed by atoms with Crippen LogP contribution in [0.5, 0.6) is 0 Å². The van der Waals surface area contributed by atoms with Crippen molar-refractivity contribution >= 4 is 5.82 Å². The maximum atomic E-state index is 11.6. The smallest absolute Gasteiger partial charge is 0.293 e. The molecule has 0 saturated carbocycles. The lowest BCUT2D eigenvalue weighted by molar-refractivity contribution is 0.718. The molecule has 0 aliphatic rings. The number of rotatable bonds is 3. The summed E-state index contributed by atoms with van der Waals surface area (Å²) in [6.07, 6.45) is 4.93. The van der Waals surface area contributed by atoms with Gasteiger partial charge in [0.05, 0.1) is 12.2 Å². The second kappa shape index (κ2) is 4.18. The minimum absolute atomic E-state index is 0.135. The van der Waals surface area contributed by atoms with Crippen LogP contribution in [0.2, 0.25) is 0 Å². The van der Waals surface area contributed by atoms with Crippen LogP contribution in [-0.4, -0.2) is 19.3 Å². The maximum absolute atomic E-state index is 11.6. The SMILES string of the molecule is Cn1nccc1CNc1nccn(C)c1=O.